The van der Waals surface area contributed by atoms with Crippen molar-refractivity contribution in [1.82, 2.24) is 10.3 Å². The Morgan fingerprint density at radius 2 is 2.10 bits per heavy atom. The molecule has 0 fully saturated rings. The molecule has 1 aromatic rings. The molecular weight excluding hydrogens is 258 g/mol. The lowest BCUT2D eigenvalue weighted by molar-refractivity contribution is -0.138. The number of hydrogen-bond acceptors (Lipinski definition) is 4. The molecule has 6 nitrogen and oxygen atoms in total. The number of hydrogen-bond donors (Lipinski definition) is 2. The number of carbonyl (C=O) groups is 2. The average Bonchev–Trinajstić information content (AvgIpc) is 2.36. The number of aliphatic carboxylic acids is 1. The van der Waals surface area contributed by atoms with Crippen molar-refractivity contribution < 1.29 is 14.7 Å². The van der Waals surface area contributed by atoms with Gasteiger partial charge in [0.25, 0.3) is 5.91 Å². The number of carboxylic acids is 1. The summed E-state index contributed by atoms with van der Waals surface area (Å²) >= 11 is 0. The summed E-state index contributed by atoms with van der Waals surface area (Å²) < 4.78 is 0. The molecule has 20 heavy (non-hydrogen) atoms. The van der Waals surface area contributed by atoms with Gasteiger partial charge in [-0.1, -0.05) is 20.8 Å². The lowest BCUT2D eigenvalue weighted by Crippen LogP contribution is -2.45. The van der Waals surface area contributed by atoms with Crippen molar-refractivity contribution in [2.45, 2.75) is 33.2 Å². The Hall–Kier alpha value is -2.42. The van der Waals surface area contributed by atoms with Gasteiger partial charge in [-0.2, -0.15) is 5.26 Å². The number of nitriles is 1. The van der Waals surface area contributed by atoms with Crippen LogP contribution in [0.2, 0.25) is 0 Å². The zero-order valence-electron chi connectivity index (χ0n) is 11.7. The zero-order chi connectivity index (χ0) is 15.3. The summed E-state index contributed by atoms with van der Waals surface area (Å²) in [7, 11) is 0. The van der Waals surface area contributed by atoms with Crippen molar-refractivity contribution in [1.29, 1.82) is 5.26 Å². The SMILES string of the molecule is CC(C)(C)C(CC(=O)O)NC(=O)c1ccc(C#N)cn1. The first-order chi connectivity index (χ1) is 9.24. The van der Waals surface area contributed by atoms with Crippen LogP contribution < -0.4 is 5.32 Å². The van der Waals surface area contributed by atoms with Crippen LogP contribution in [0.25, 0.3) is 0 Å². The van der Waals surface area contributed by atoms with Gasteiger partial charge in [-0.05, 0) is 17.5 Å². The van der Waals surface area contributed by atoms with E-state index in [0.29, 0.717) is 5.56 Å². The third-order valence-electron chi connectivity index (χ3n) is 2.85. The summed E-state index contributed by atoms with van der Waals surface area (Å²) in [5.74, 6) is -1.42. The Morgan fingerprint density at radius 1 is 1.45 bits per heavy atom. The number of aromatic nitrogens is 1. The zero-order valence-corrected chi connectivity index (χ0v) is 11.7. The number of carbonyl (C=O) groups excluding carboxylic acids is 1. The molecule has 0 radical (unpaired) electrons. The van der Waals surface area contributed by atoms with Crippen molar-refractivity contribution in [2.75, 3.05) is 0 Å². The standard InChI is InChI=1S/C14H17N3O3/c1-14(2,3)11(6-12(18)19)17-13(20)10-5-4-9(7-15)8-16-10/h4-5,8,11H,6H2,1-3H3,(H,17,20)(H,18,19). The third-order valence-corrected chi connectivity index (χ3v) is 2.85. The highest BCUT2D eigenvalue weighted by molar-refractivity contribution is 5.92. The molecule has 0 spiro atoms. The van der Waals surface area contributed by atoms with Gasteiger partial charge in [0, 0.05) is 12.2 Å². The number of pyridine rings is 1. The first kappa shape index (κ1) is 15.6. The maximum atomic E-state index is 12.0. The van der Waals surface area contributed by atoms with E-state index >= 15 is 0 Å². The molecule has 1 atom stereocenters. The van der Waals surface area contributed by atoms with Crippen LogP contribution in [0.3, 0.4) is 0 Å². The van der Waals surface area contributed by atoms with Crippen LogP contribution in [0.4, 0.5) is 0 Å². The van der Waals surface area contributed by atoms with Gasteiger partial charge in [0.2, 0.25) is 0 Å². The molecule has 6 heteroatoms. The smallest absolute Gasteiger partial charge is 0.305 e. The third kappa shape index (κ3) is 4.35. The number of amides is 1. The summed E-state index contributed by atoms with van der Waals surface area (Å²) in [6.45, 7) is 5.56. The fourth-order valence-electron chi connectivity index (χ4n) is 1.57. The molecule has 1 unspecified atom stereocenters. The monoisotopic (exact) mass is 275 g/mol. The van der Waals surface area contributed by atoms with E-state index in [1.807, 2.05) is 26.8 Å². The molecular formula is C14H17N3O3. The Kier molecular flexibility index (Phi) is 4.81. The van der Waals surface area contributed by atoms with E-state index in [0.717, 1.165) is 0 Å². The molecule has 106 valence electrons. The highest BCUT2D eigenvalue weighted by atomic mass is 16.4. The first-order valence-electron chi connectivity index (χ1n) is 6.13. The quantitative estimate of drug-likeness (QED) is 0.868. The molecule has 0 aromatic carbocycles. The number of nitrogens with one attached hydrogen (secondary N) is 1. The van der Waals surface area contributed by atoms with Crippen LogP contribution in [0.1, 0.15) is 43.2 Å². The average molecular weight is 275 g/mol. The minimum Gasteiger partial charge on any atom is -0.481 e. The molecule has 1 heterocycles. The van der Waals surface area contributed by atoms with E-state index in [1.54, 1.807) is 0 Å². The van der Waals surface area contributed by atoms with Crippen molar-refractivity contribution in [2.24, 2.45) is 5.41 Å². The van der Waals surface area contributed by atoms with Crippen LogP contribution in [-0.4, -0.2) is 28.0 Å². The summed E-state index contributed by atoms with van der Waals surface area (Å²) in [5.41, 5.74) is 0.129. The molecule has 0 aliphatic heterocycles. The minimum atomic E-state index is -0.974. The van der Waals surface area contributed by atoms with E-state index in [1.165, 1.54) is 18.3 Å². The molecule has 2 N–H and O–H groups in total. The van der Waals surface area contributed by atoms with Gasteiger partial charge in [0.05, 0.1) is 12.0 Å². The molecule has 1 rings (SSSR count). The summed E-state index contributed by atoms with van der Waals surface area (Å²) in [5, 5.41) is 20.2. The molecule has 1 amide bonds. The van der Waals surface area contributed by atoms with Crippen LogP contribution >= 0.6 is 0 Å². The molecule has 0 bridgehead atoms. The maximum absolute atomic E-state index is 12.0. The maximum Gasteiger partial charge on any atom is 0.305 e. The Balaban J connectivity index is 2.85. The van der Waals surface area contributed by atoms with Gasteiger partial charge >= 0.3 is 5.97 Å². The highest BCUT2D eigenvalue weighted by Crippen LogP contribution is 2.22. The second-order valence-electron chi connectivity index (χ2n) is 5.53. The predicted octanol–water partition coefficient (Wildman–Crippen LogP) is 1.57. The molecule has 0 aliphatic rings. The second kappa shape index (κ2) is 6.15. The van der Waals surface area contributed by atoms with Gasteiger partial charge < -0.3 is 10.4 Å². The Bertz CT molecular complexity index is 538. The van der Waals surface area contributed by atoms with Crippen molar-refractivity contribution in [3.63, 3.8) is 0 Å². The van der Waals surface area contributed by atoms with Crippen molar-refractivity contribution >= 4 is 11.9 Å². The topological polar surface area (TPSA) is 103 Å². The molecule has 1 aromatic heterocycles. The fourth-order valence-corrected chi connectivity index (χ4v) is 1.57. The van der Waals surface area contributed by atoms with Crippen molar-refractivity contribution in [3.05, 3.63) is 29.6 Å². The number of carboxylic acid groups (broad SMARTS) is 1. The van der Waals surface area contributed by atoms with E-state index in [9.17, 15) is 9.59 Å². The summed E-state index contributed by atoms with van der Waals surface area (Å²) in [6.07, 6.45) is 1.14. The highest BCUT2D eigenvalue weighted by Gasteiger charge is 2.29. The Morgan fingerprint density at radius 3 is 2.50 bits per heavy atom. The normalized spacial score (nSPS) is 12.3. The van der Waals surface area contributed by atoms with Crippen molar-refractivity contribution in [3.8, 4) is 6.07 Å². The van der Waals surface area contributed by atoms with E-state index in [4.69, 9.17) is 10.4 Å². The lowest BCUT2D eigenvalue weighted by Gasteiger charge is -2.30. The summed E-state index contributed by atoms with van der Waals surface area (Å²) in [6, 6.07) is 4.33. The largest absolute Gasteiger partial charge is 0.481 e. The van der Waals surface area contributed by atoms with Gasteiger partial charge in [0.1, 0.15) is 11.8 Å². The molecule has 0 saturated heterocycles. The van der Waals surface area contributed by atoms with Crippen LogP contribution in [0.5, 0.6) is 0 Å². The van der Waals surface area contributed by atoms with Gasteiger partial charge in [-0.15, -0.1) is 0 Å². The summed E-state index contributed by atoms with van der Waals surface area (Å²) in [4.78, 5) is 26.8. The van der Waals surface area contributed by atoms with E-state index in [2.05, 4.69) is 10.3 Å². The van der Waals surface area contributed by atoms with E-state index < -0.39 is 17.9 Å². The van der Waals surface area contributed by atoms with E-state index in [-0.39, 0.29) is 17.5 Å². The number of nitrogens with zero attached hydrogens (tertiary/aromatic N) is 2. The predicted molar refractivity (Wildman–Crippen MR) is 71.9 cm³/mol. The Labute approximate surface area is 117 Å². The van der Waals surface area contributed by atoms with Gasteiger partial charge in [0.15, 0.2) is 0 Å². The molecule has 0 saturated carbocycles. The molecule has 0 aliphatic carbocycles. The lowest BCUT2D eigenvalue weighted by atomic mass is 9.84. The van der Waals surface area contributed by atoms with Gasteiger partial charge in [-0.25, -0.2) is 4.98 Å². The van der Waals surface area contributed by atoms with Crippen LogP contribution in [0.15, 0.2) is 18.3 Å². The first-order valence-corrected chi connectivity index (χ1v) is 6.13. The number of rotatable bonds is 4. The van der Waals surface area contributed by atoms with Crippen LogP contribution in [-0.2, 0) is 4.79 Å². The fraction of sp³-hybridized carbons (Fsp3) is 0.429. The van der Waals surface area contributed by atoms with Gasteiger partial charge in [-0.3, -0.25) is 9.59 Å². The van der Waals surface area contributed by atoms with Crippen LogP contribution in [0, 0.1) is 16.7 Å². The minimum absolute atomic E-state index is 0.156. The second-order valence-corrected chi connectivity index (χ2v) is 5.53.